The third-order valence-corrected chi connectivity index (χ3v) is 41.7. The second-order valence-electron chi connectivity index (χ2n) is 43.5. The number of benzene rings is 5. The molecule has 0 amide bonds. The number of hydrogen-bond donors (Lipinski definition) is 0. The summed E-state index contributed by atoms with van der Waals surface area (Å²) in [7, 11) is 2.18. The maximum atomic E-state index is 6.77. The summed E-state index contributed by atoms with van der Waals surface area (Å²) in [5.74, 6) is 8.38. The Bertz CT molecular complexity index is 6730. The Hall–Kier alpha value is -8.70. The van der Waals surface area contributed by atoms with Gasteiger partial charge in [-0.05, 0) is 284 Å². The van der Waals surface area contributed by atoms with E-state index in [1.807, 2.05) is 11.3 Å². The van der Waals surface area contributed by atoms with E-state index in [2.05, 4.69) is 342 Å². The Morgan fingerprint density at radius 3 is 1.13 bits per heavy atom. The molecule has 6 fully saturated rings. The molecule has 28 rings (SSSR count). The summed E-state index contributed by atoms with van der Waals surface area (Å²) in [6, 6.07) is 53.6. The number of aryl methyl sites for hydroxylation is 6. The first kappa shape index (κ1) is 83.6. The zero-order valence-electron chi connectivity index (χ0n) is 79.1. The summed E-state index contributed by atoms with van der Waals surface area (Å²) >= 11 is 8.98. The highest BCUT2D eigenvalue weighted by molar-refractivity contribution is 7.19. The van der Waals surface area contributed by atoms with E-state index in [0.29, 0.717) is 30.2 Å². The fourth-order valence-corrected chi connectivity index (χ4v) is 34.3. The number of hydrogen-bond acceptors (Lipinski definition) is 14. The van der Waals surface area contributed by atoms with Gasteiger partial charge in [-0.25, -0.2) is 0 Å². The van der Waals surface area contributed by atoms with Gasteiger partial charge in [-0.2, -0.15) is 0 Å². The number of para-hydroxylation sites is 5. The van der Waals surface area contributed by atoms with Crippen LogP contribution in [0, 0.1) is 69.1 Å². The van der Waals surface area contributed by atoms with Crippen LogP contribution < -0.4 is 24.5 Å². The van der Waals surface area contributed by atoms with Gasteiger partial charge >= 0.3 is 0 Å². The molecule has 15 heteroatoms. The number of rotatable bonds is 3. The van der Waals surface area contributed by atoms with Crippen molar-refractivity contribution in [2.75, 3.05) is 24.5 Å². The number of nitrogens with zero attached hydrogens (tertiary/aromatic N) is 6. The molecule has 4 bridgehead atoms. The first-order valence-electron chi connectivity index (χ1n) is 48.2. The van der Waals surface area contributed by atoms with Gasteiger partial charge in [0, 0.05) is 112 Å². The third-order valence-electron chi connectivity index (χ3n) is 37.1. The largest absolute Gasteiger partial charge is 0.447 e. The fraction of sp³-hybridized carbons (Fsp3) is 0.469. The highest BCUT2D eigenvalue weighted by atomic mass is 32.1. The van der Waals surface area contributed by atoms with Crippen molar-refractivity contribution in [3.8, 4) is 0 Å². The zero-order chi connectivity index (χ0) is 88.7. The van der Waals surface area contributed by atoms with Crippen molar-refractivity contribution in [3.63, 3.8) is 0 Å². The molecule has 7 aliphatic heterocycles. The number of aromatic nitrogens is 1. The van der Waals surface area contributed by atoms with E-state index >= 15 is 0 Å². The molecule has 664 valence electrons. The Morgan fingerprint density at radius 1 is 0.336 bits per heavy atom. The minimum atomic E-state index is -0.177. The highest BCUT2D eigenvalue weighted by Crippen LogP contribution is 2.74. The fourth-order valence-electron chi connectivity index (χ4n) is 29.7. The van der Waals surface area contributed by atoms with E-state index in [-0.39, 0.29) is 49.4 Å². The zero-order valence-corrected chi connectivity index (χ0v) is 83.2. The minimum absolute atomic E-state index is 0.000273. The van der Waals surface area contributed by atoms with Crippen LogP contribution in [0.3, 0.4) is 0 Å². The van der Waals surface area contributed by atoms with Crippen LogP contribution in [0.5, 0.6) is 0 Å². The van der Waals surface area contributed by atoms with Gasteiger partial charge in [0.15, 0.2) is 19.6 Å². The first-order chi connectivity index (χ1) is 61.3. The molecule has 5 aromatic carbocycles. The second kappa shape index (κ2) is 28.9. The van der Waals surface area contributed by atoms with Crippen LogP contribution in [0.1, 0.15) is 319 Å². The molecule has 7 unspecified atom stereocenters. The van der Waals surface area contributed by atoms with E-state index in [4.69, 9.17) is 17.7 Å². The average Bonchev–Trinajstić information content (AvgIpc) is 1.49. The molecule has 3 spiro atoms. The summed E-state index contributed by atoms with van der Waals surface area (Å²) in [6.07, 6.45) is 20.9. The topological polar surface area (TPSA) is 73.7 Å². The van der Waals surface area contributed by atoms with E-state index < -0.39 is 0 Å². The molecular weight excluding hydrogens is 1670 g/mol. The third kappa shape index (κ3) is 10.7. The number of fused-ring (bicyclic) bond motifs is 25. The molecule has 10 aromatic heterocycles. The van der Waals surface area contributed by atoms with Crippen LogP contribution in [0.25, 0.3) is 51.3 Å². The lowest BCUT2D eigenvalue weighted by molar-refractivity contribution is -0.0678. The maximum absolute atomic E-state index is 6.77. The average molecular weight is 1790 g/mol. The molecule has 0 saturated heterocycles. The molecular formula is C113H128N6O4S5. The first-order valence-corrected chi connectivity index (χ1v) is 52.6. The Balaban J connectivity index is 0.0000000917. The van der Waals surface area contributed by atoms with Crippen LogP contribution in [0.4, 0.5) is 28.4 Å². The van der Waals surface area contributed by atoms with E-state index in [0.717, 1.165) is 43.3 Å². The predicted octanol–water partition coefficient (Wildman–Crippen LogP) is 33.3. The lowest BCUT2D eigenvalue weighted by atomic mass is 9.48. The highest BCUT2D eigenvalue weighted by Gasteiger charge is 2.70. The van der Waals surface area contributed by atoms with Crippen LogP contribution in [-0.2, 0) is 45.6 Å². The van der Waals surface area contributed by atoms with Crippen molar-refractivity contribution in [2.24, 2.45) is 41.5 Å². The maximum Gasteiger partial charge on any atom is 0.188 e. The lowest BCUT2D eigenvalue weighted by Crippen LogP contribution is -2.62. The molecule has 17 heterocycles. The molecule has 7 atom stereocenters. The lowest BCUT2D eigenvalue weighted by Gasteiger charge is -2.63. The van der Waals surface area contributed by atoms with Gasteiger partial charge in [0.1, 0.15) is 44.5 Å². The molecule has 6 saturated carbocycles. The summed E-state index contributed by atoms with van der Waals surface area (Å²) in [6.45, 7) is 47.3. The number of anilines is 5. The van der Waals surface area contributed by atoms with Gasteiger partial charge in [0.25, 0.3) is 0 Å². The van der Waals surface area contributed by atoms with E-state index in [1.54, 1.807) is 55.8 Å². The molecule has 10 nitrogen and oxygen atoms in total. The Kier molecular flexibility index (Phi) is 18.9. The molecule has 0 N–H and O–H groups in total. The van der Waals surface area contributed by atoms with Gasteiger partial charge in [-0.3, -0.25) is 0 Å². The van der Waals surface area contributed by atoms with Crippen molar-refractivity contribution in [1.82, 2.24) is 4.57 Å². The SMILES string of the molecule is Cc1cccc2c1N1C(C)c3c(oc4sccc34)C1(C)C(C)(C)C2(C)C.Cc1cccc2c1N1C(C)c3c(oc4sccc34)C1(C)C(C)(C)C2(C)C.Cc1ccccc1N1C(C)c2c(oc3sccc23)C12C1CC3CC(C1)CC2C3.Cc1ccccc1N1C(C)c2c(oc3sccc23)C12CCCCC2.Cc1ccccc1N1C(C)c2c(sc3c2ccn3C)C12CCCC2. The van der Waals surface area contributed by atoms with Crippen LogP contribution in [0.2, 0.25) is 0 Å². The van der Waals surface area contributed by atoms with Crippen LogP contribution >= 0.6 is 56.7 Å². The van der Waals surface area contributed by atoms with Gasteiger partial charge in [0.2, 0.25) is 0 Å². The monoisotopic (exact) mass is 1790 g/mol. The minimum Gasteiger partial charge on any atom is -0.447 e. The predicted molar refractivity (Wildman–Crippen MR) is 539 cm³/mol. The molecule has 15 aromatic rings. The van der Waals surface area contributed by atoms with E-state index in [9.17, 15) is 0 Å². The van der Waals surface area contributed by atoms with Gasteiger partial charge < -0.3 is 46.7 Å². The normalized spacial score (nSPS) is 28.1. The Labute approximate surface area is 777 Å². The van der Waals surface area contributed by atoms with Crippen molar-refractivity contribution in [3.05, 3.63) is 262 Å². The Morgan fingerprint density at radius 2 is 0.688 bits per heavy atom. The van der Waals surface area contributed by atoms with Gasteiger partial charge in [-0.15, -0.1) is 56.7 Å². The van der Waals surface area contributed by atoms with Gasteiger partial charge in [0.05, 0.1) is 41.3 Å². The number of thiophene rings is 5. The second-order valence-corrected chi connectivity index (χ2v) is 48.0. The molecule has 128 heavy (non-hydrogen) atoms. The summed E-state index contributed by atoms with van der Waals surface area (Å²) in [5.41, 5.74) is 24.2. The molecule has 13 aliphatic rings. The summed E-state index contributed by atoms with van der Waals surface area (Å²) in [5, 5.41) is 15.4. The van der Waals surface area contributed by atoms with E-state index in [1.165, 1.54) is 234 Å². The smallest absolute Gasteiger partial charge is 0.188 e. The van der Waals surface area contributed by atoms with Crippen molar-refractivity contribution < 1.29 is 17.7 Å². The van der Waals surface area contributed by atoms with Crippen LogP contribution in [-0.4, -0.2) is 4.57 Å². The number of furan rings is 4. The summed E-state index contributed by atoms with van der Waals surface area (Å²) < 4.78 is 28.7. The van der Waals surface area contributed by atoms with Crippen molar-refractivity contribution in [1.29, 1.82) is 0 Å². The van der Waals surface area contributed by atoms with Crippen molar-refractivity contribution >= 4 is 136 Å². The molecule has 0 radical (unpaired) electrons. The van der Waals surface area contributed by atoms with Crippen LogP contribution in [0.15, 0.2) is 185 Å². The standard InChI is InChI=1S/C25H27NOS.2C23H27NOS.C21H24N2S.C21H23NOS/c1-14-5-3-4-6-21(14)26-15(2)22-20-7-8-28-24(20)27-23(22)25(26)18-10-16-9-17(12-18)13-19(25)11-16;2*1-13-9-8-10-16-18(13)24-14(2)17-15-11-12-26-20(15)25-19(17)23(24,7)22(5,6)21(16,3)4;1-14-8-4-5-9-17(14)23-15(2)18-16-10-13-22(3)20(16)24-19(18)21(23)11-6-7-12-21;1-14-8-4-5-9-17(14)22-15(2)18-16-10-13-24-20(16)23-19(18)21(22)11-6-3-7-12-21/h3-8,15-19H,9-13H2,1-2H3;2*8-12,14H,1-7H3;4-5,8-10,13,15H,6-7,11-12H2,1-3H3;4-5,8-10,13,15H,3,6-7,11-12H2,1-2H3. The summed E-state index contributed by atoms with van der Waals surface area (Å²) in [4.78, 5) is 21.1. The van der Waals surface area contributed by atoms with Crippen molar-refractivity contribution in [2.45, 2.75) is 297 Å². The quantitative estimate of drug-likeness (QED) is 0.172. The molecule has 6 aliphatic carbocycles. The van der Waals surface area contributed by atoms with Gasteiger partial charge in [-0.1, -0.05) is 178 Å².